The number of hydrogen-bond donors (Lipinski definition) is 2. The van der Waals surface area contributed by atoms with Crippen LogP contribution in [-0.4, -0.2) is 28.5 Å². The lowest BCUT2D eigenvalue weighted by atomic mass is 9.79. The summed E-state index contributed by atoms with van der Waals surface area (Å²) in [6, 6.07) is 0. The molecular formula is C12H16N2O3S. The molecule has 5 nitrogen and oxygen atoms in total. The van der Waals surface area contributed by atoms with Crippen LogP contribution in [0, 0.1) is 11.8 Å². The van der Waals surface area contributed by atoms with Gasteiger partial charge in [0.15, 0.2) is 0 Å². The van der Waals surface area contributed by atoms with E-state index in [2.05, 4.69) is 10.3 Å². The maximum absolute atomic E-state index is 11.7. The van der Waals surface area contributed by atoms with Crippen LogP contribution in [0.4, 0.5) is 0 Å². The summed E-state index contributed by atoms with van der Waals surface area (Å²) >= 11 is 1.37. The van der Waals surface area contributed by atoms with E-state index < -0.39 is 5.97 Å². The third-order valence-corrected chi connectivity index (χ3v) is 4.00. The first-order valence-corrected chi connectivity index (χ1v) is 7.02. The first-order chi connectivity index (χ1) is 8.68. The SMILES string of the molecule is O=C(NCC1CCCCC1C(=O)O)c1cscn1. The molecule has 0 spiro atoms. The van der Waals surface area contributed by atoms with Gasteiger partial charge in [-0.05, 0) is 18.8 Å². The van der Waals surface area contributed by atoms with Crippen LogP contribution in [0.25, 0.3) is 0 Å². The van der Waals surface area contributed by atoms with Gasteiger partial charge in [-0.3, -0.25) is 9.59 Å². The maximum Gasteiger partial charge on any atom is 0.306 e. The topological polar surface area (TPSA) is 79.3 Å². The van der Waals surface area contributed by atoms with Crippen LogP contribution in [0.3, 0.4) is 0 Å². The van der Waals surface area contributed by atoms with E-state index in [1.165, 1.54) is 11.3 Å². The average Bonchev–Trinajstić information content (AvgIpc) is 2.90. The number of carbonyl (C=O) groups is 2. The lowest BCUT2D eigenvalue weighted by Crippen LogP contribution is -2.37. The van der Waals surface area contributed by atoms with Crippen LogP contribution in [0.1, 0.15) is 36.2 Å². The van der Waals surface area contributed by atoms with Crippen molar-refractivity contribution >= 4 is 23.2 Å². The van der Waals surface area contributed by atoms with Gasteiger partial charge in [-0.1, -0.05) is 12.8 Å². The smallest absolute Gasteiger partial charge is 0.306 e. The van der Waals surface area contributed by atoms with Crippen molar-refractivity contribution in [2.45, 2.75) is 25.7 Å². The molecule has 2 atom stereocenters. The molecular weight excluding hydrogens is 252 g/mol. The number of carboxylic acid groups (broad SMARTS) is 1. The number of aliphatic carboxylic acids is 1. The van der Waals surface area contributed by atoms with E-state index in [4.69, 9.17) is 5.11 Å². The average molecular weight is 268 g/mol. The molecule has 18 heavy (non-hydrogen) atoms. The number of rotatable bonds is 4. The molecule has 2 rings (SSSR count). The second-order valence-electron chi connectivity index (χ2n) is 4.57. The summed E-state index contributed by atoms with van der Waals surface area (Å²) in [5.74, 6) is -1.25. The molecule has 2 N–H and O–H groups in total. The van der Waals surface area contributed by atoms with Crippen LogP contribution < -0.4 is 5.32 Å². The van der Waals surface area contributed by atoms with E-state index in [9.17, 15) is 9.59 Å². The zero-order valence-corrected chi connectivity index (χ0v) is 10.8. The van der Waals surface area contributed by atoms with Crippen LogP contribution in [0.5, 0.6) is 0 Å². The fourth-order valence-corrected chi connectivity index (χ4v) is 2.95. The highest BCUT2D eigenvalue weighted by Crippen LogP contribution is 2.29. The van der Waals surface area contributed by atoms with Crippen molar-refractivity contribution in [2.24, 2.45) is 11.8 Å². The van der Waals surface area contributed by atoms with E-state index >= 15 is 0 Å². The van der Waals surface area contributed by atoms with Crippen molar-refractivity contribution in [3.8, 4) is 0 Å². The van der Waals surface area contributed by atoms with Crippen molar-refractivity contribution in [3.63, 3.8) is 0 Å². The predicted octanol–water partition coefficient (Wildman–Crippen LogP) is 1.76. The van der Waals surface area contributed by atoms with E-state index in [0.717, 1.165) is 19.3 Å². The molecule has 1 amide bonds. The molecule has 1 saturated carbocycles. The number of thiazole rings is 1. The van der Waals surface area contributed by atoms with E-state index in [1.807, 2.05) is 0 Å². The van der Waals surface area contributed by atoms with Crippen molar-refractivity contribution < 1.29 is 14.7 Å². The van der Waals surface area contributed by atoms with Crippen LogP contribution >= 0.6 is 11.3 Å². The Morgan fingerprint density at radius 1 is 1.44 bits per heavy atom. The summed E-state index contributed by atoms with van der Waals surface area (Å²) in [5.41, 5.74) is 2.01. The number of aromatic nitrogens is 1. The highest BCUT2D eigenvalue weighted by Gasteiger charge is 2.30. The predicted molar refractivity (Wildman–Crippen MR) is 67.5 cm³/mol. The summed E-state index contributed by atoms with van der Waals surface area (Å²) in [4.78, 5) is 26.7. The molecule has 6 heteroatoms. The summed E-state index contributed by atoms with van der Waals surface area (Å²) in [6.45, 7) is 0.424. The van der Waals surface area contributed by atoms with E-state index in [0.29, 0.717) is 18.7 Å². The maximum atomic E-state index is 11.7. The summed E-state index contributed by atoms with van der Waals surface area (Å²) in [7, 11) is 0. The number of carbonyl (C=O) groups excluding carboxylic acids is 1. The van der Waals surface area contributed by atoms with Crippen molar-refractivity contribution in [3.05, 3.63) is 16.6 Å². The van der Waals surface area contributed by atoms with E-state index in [-0.39, 0.29) is 17.7 Å². The van der Waals surface area contributed by atoms with Crippen LogP contribution in [-0.2, 0) is 4.79 Å². The minimum Gasteiger partial charge on any atom is -0.481 e. The molecule has 0 aliphatic heterocycles. The number of carboxylic acids is 1. The third-order valence-electron chi connectivity index (χ3n) is 3.42. The van der Waals surface area contributed by atoms with Gasteiger partial charge in [0.05, 0.1) is 11.4 Å². The van der Waals surface area contributed by atoms with Gasteiger partial charge in [-0.25, -0.2) is 4.98 Å². The fraction of sp³-hybridized carbons (Fsp3) is 0.583. The Morgan fingerprint density at radius 2 is 2.22 bits per heavy atom. The summed E-state index contributed by atoms with van der Waals surface area (Å²) < 4.78 is 0. The molecule has 0 bridgehead atoms. The Balaban J connectivity index is 1.88. The van der Waals surface area contributed by atoms with Gasteiger partial charge in [-0.15, -0.1) is 11.3 Å². The molecule has 1 aromatic rings. The molecule has 1 fully saturated rings. The van der Waals surface area contributed by atoms with Gasteiger partial charge in [0.2, 0.25) is 0 Å². The first kappa shape index (κ1) is 13.0. The fourth-order valence-electron chi connectivity index (χ4n) is 2.42. The minimum absolute atomic E-state index is 0.0406. The highest BCUT2D eigenvalue weighted by molar-refractivity contribution is 7.07. The van der Waals surface area contributed by atoms with Crippen LogP contribution in [0.15, 0.2) is 10.9 Å². The normalized spacial score (nSPS) is 23.6. The molecule has 1 aliphatic carbocycles. The molecule has 1 aliphatic rings. The molecule has 0 radical (unpaired) electrons. The molecule has 98 valence electrons. The zero-order chi connectivity index (χ0) is 13.0. The molecule has 1 aromatic heterocycles. The summed E-state index contributed by atoms with van der Waals surface area (Å²) in [5, 5.41) is 13.6. The van der Waals surface area contributed by atoms with Gasteiger partial charge in [0, 0.05) is 11.9 Å². The molecule has 0 aromatic carbocycles. The first-order valence-electron chi connectivity index (χ1n) is 6.07. The standard InChI is InChI=1S/C12H16N2O3S/c15-11(10-6-18-7-14-10)13-5-8-3-1-2-4-9(8)12(16)17/h6-9H,1-5H2,(H,13,15)(H,16,17). The number of nitrogens with zero attached hydrogens (tertiary/aromatic N) is 1. The number of nitrogens with one attached hydrogen (secondary N) is 1. The van der Waals surface area contributed by atoms with Crippen LogP contribution in [0.2, 0.25) is 0 Å². The second-order valence-corrected chi connectivity index (χ2v) is 5.29. The van der Waals surface area contributed by atoms with Gasteiger partial charge in [0.25, 0.3) is 5.91 Å². The molecule has 2 unspecified atom stereocenters. The van der Waals surface area contributed by atoms with Gasteiger partial charge in [0.1, 0.15) is 5.69 Å². The van der Waals surface area contributed by atoms with Crippen molar-refractivity contribution in [2.75, 3.05) is 6.54 Å². The van der Waals surface area contributed by atoms with Crippen molar-refractivity contribution in [1.82, 2.24) is 10.3 Å². The van der Waals surface area contributed by atoms with E-state index in [1.54, 1.807) is 10.9 Å². The number of amides is 1. The minimum atomic E-state index is -0.748. The lowest BCUT2D eigenvalue weighted by molar-refractivity contribution is -0.144. The Labute approximate surface area is 109 Å². The number of hydrogen-bond acceptors (Lipinski definition) is 4. The highest BCUT2D eigenvalue weighted by atomic mass is 32.1. The Hall–Kier alpha value is -1.43. The second kappa shape index (κ2) is 5.95. The summed E-state index contributed by atoms with van der Waals surface area (Å²) in [6.07, 6.45) is 3.59. The zero-order valence-electron chi connectivity index (χ0n) is 9.96. The third kappa shape index (κ3) is 3.07. The van der Waals surface area contributed by atoms with Gasteiger partial charge < -0.3 is 10.4 Å². The van der Waals surface area contributed by atoms with Gasteiger partial charge in [-0.2, -0.15) is 0 Å². The Bertz CT molecular complexity index is 419. The molecule has 0 saturated heterocycles. The monoisotopic (exact) mass is 268 g/mol. The quantitative estimate of drug-likeness (QED) is 0.872. The Morgan fingerprint density at radius 3 is 2.89 bits per heavy atom. The largest absolute Gasteiger partial charge is 0.481 e. The van der Waals surface area contributed by atoms with Crippen molar-refractivity contribution in [1.29, 1.82) is 0 Å². The molecule has 1 heterocycles. The van der Waals surface area contributed by atoms with Gasteiger partial charge >= 0.3 is 5.97 Å². The lowest BCUT2D eigenvalue weighted by Gasteiger charge is -2.28. The Kier molecular flexibility index (Phi) is 4.30.